The van der Waals surface area contributed by atoms with Gasteiger partial charge in [-0.25, -0.2) is 0 Å². The van der Waals surface area contributed by atoms with E-state index in [-0.39, 0.29) is 5.91 Å². The van der Waals surface area contributed by atoms with Gasteiger partial charge < -0.3 is 15.8 Å². The number of nitrogens with one attached hydrogen (secondary N) is 1. The molecule has 0 bridgehead atoms. The lowest BCUT2D eigenvalue weighted by Gasteiger charge is -2.10. The van der Waals surface area contributed by atoms with Crippen LogP contribution in [0.5, 0.6) is 5.75 Å². The maximum Gasteiger partial charge on any atom is 0.251 e. The highest BCUT2D eigenvalue weighted by molar-refractivity contribution is 5.96. The predicted molar refractivity (Wildman–Crippen MR) is 84.6 cm³/mol. The first-order chi connectivity index (χ1) is 10.1. The van der Waals surface area contributed by atoms with Crippen LogP contribution in [0.2, 0.25) is 0 Å². The molecule has 0 unspecified atom stereocenters. The van der Waals surface area contributed by atoms with E-state index in [1.807, 2.05) is 31.2 Å². The highest BCUT2D eigenvalue weighted by Crippen LogP contribution is 2.17. The third-order valence-electron chi connectivity index (χ3n) is 3.37. The third-order valence-corrected chi connectivity index (χ3v) is 3.37. The summed E-state index contributed by atoms with van der Waals surface area (Å²) in [5.74, 6) is 0.762. The van der Waals surface area contributed by atoms with E-state index >= 15 is 0 Å². The first-order valence-electron chi connectivity index (χ1n) is 6.88. The third kappa shape index (κ3) is 3.75. The zero-order valence-corrected chi connectivity index (χ0v) is 12.3. The molecule has 0 saturated carbocycles. The number of ether oxygens (including phenoxy) is 1. The van der Waals surface area contributed by atoms with Crippen LogP contribution in [0, 0.1) is 6.92 Å². The van der Waals surface area contributed by atoms with E-state index in [2.05, 4.69) is 5.32 Å². The summed E-state index contributed by atoms with van der Waals surface area (Å²) in [6, 6.07) is 13.1. The molecule has 21 heavy (non-hydrogen) atoms. The van der Waals surface area contributed by atoms with Gasteiger partial charge in [0.1, 0.15) is 5.75 Å². The number of rotatable bonds is 5. The molecule has 0 aromatic heterocycles. The molecule has 0 atom stereocenters. The van der Waals surface area contributed by atoms with Gasteiger partial charge in [-0.3, -0.25) is 4.79 Å². The molecule has 0 aliphatic heterocycles. The Balaban J connectivity index is 1.95. The van der Waals surface area contributed by atoms with Crippen molar-refractivity contribution >= 4 is 11.6 Å². The molecule has 0 heterocycles. The monoisotopic (exact) mass is 284 g/mol. The van der Waals surface area contributed by atoms with Gasteiger partial charge in [0.25, 0.3) is 5.91 Å². The zero-order chi connectivity index (χ0) is 15.2. The fraction of sp³-hybridized carbons (Fsp3) is 0.235. The van der Waals surface area contributed by atoms with E-state index < -0.39 is 0 Å². The lowest BCUT2D eigenvalue weighted by Crippen LogP contribution is -2.26. The number of nitrogens with two attached hydrogens (primary N) is 1. The average molecular weight is 284 g/mol. The Labute approximate surface area is 124 Å². The number of benzene rings is 2. The molecule has 2 aromatic rings. The molecular weight excluding hydrogens is 264 g/mol. The van der Waals surface area contributed by atoms with Crippen LogP contribution in [0.4, 0.5) is 5.69 Å². The smallest absolute Gasteiger partial charge is 0.251 e. The fourth-order valence-electron chi connectivity index (χ4n) is 2.26. The SMILES string of the molecule is COc1ccccc1CCNC(=O)c1ccc(N)cc1C. The fourth-order valence-corrected chi connectivity index (χ4v) is 2.26. The standard InChI is InChI=1S/C17H20N2O2/c1-12-11-14(18)7-8-15(12)17(20)19-10-9-13-5-3-4-6-16(13)21-2/h3-8,11H,9-10,18H2,1-2H3,(H,19,20). The Bertz CT molecular complexity index is 638. The number of carbonyl (C=O) groups is 1. The summed E-state index contributed by atoms with van der Waals surface area (Å²) >= 11 is 0. The van der Waals surface area contributed by atoms with Crippen LogP contribution < -0.4 is 15.8 Å². The molecule has 4 heteroatoms. The van der Waals surface area contributed by atoms with Gasteiger partial charge in [0.15, 0.2) is 0 Å². The van der Waals surface area contributed by atoms with Crippen LogP contribution in [0.25, 0.3) is 0 Å². The summed E-state index contributed by atoms with van der Waals surface area (Å²) in [5, 5.41) is 2.92. The van der Waals surface area contributed by atoms with Gasteiger partial charge >= 0.3 is 0 Å². The number of para-hydroxylation sites is 1. The molecule has 2 aromatic carbocycles. The number of carbonyl (C=O) groups excluding carboxylic acids is 1. The van der Waals surface area contributed by atoms with Crippen molar-refractivity contribution in [2.45, 2.75) is 13.3 Å². The molecule has 0 aliphatic carbocycles. The maximum atomic E-state index is 12.1. The molecule has 1 amide bonds. The van der Waals surface area contributed by atoms with Gasteiger partial charge in [-0.2, -0.15) is 0 Å². The van der Waals surface area contributed by atoms with E-state index in [4.69, 9.17) is 10.5 Å². The molecule has 2 rings (SSSR count). The largest absolute Gasteiger partial charge is 0.496 e. The van der Waals surface area contributed by atoms with Crippen LogP contribution in [0.15, 0.2) is 42.5 Å². The summed E-state index contributed by atoms with van der Waals surface area (Å²) in [6.07, 6.45) is 0.726. The quantitative estimate of drug-likeness (QED) is 0.829. The number of aryl methyl sites for hydroxylation is 1. The second-order valence-electron chi connectivity index (χ2n) is 4.89. The Morgan fingerprint density at radius 3 is 2.71 bits per heavy atom. The van der Waals surface area contributed by atoms with Crippen LogP contribution in [-0.2, 0) is 6.42 Å². The van der Waals surface area contributed by atoms with Crippen molar-refractivity contribution in [3.8, 4) is 5.75 Å². The summed E-state index contributed by atoms with van der Waals surface area (Å²) in [4.78, 5) is 12.1. The van der Waals surface area contributed by atoms with E-state index in [1.54, 1.807) is 25.3 Å². The maximum absolute atomic E-state index is 12.1. The molecule has 3 N–H and O–H groups in total. The number of amides is 1. The normalized spacial score (nSPS) is 10.2. The Hall–Kier alpha value is -2.49. The Morgan fingerprint density at radius 2 is 2.00 bits per heavy atom. The van der Waals surface area contributed by atoms with Crippen molar-refractivity contribution in [1.29, 1.82) is 0 Å². The van der Waals surface area contributed by atoms with E-state index in [0.717, 1.165) is 23.3 Å². The lowest BCUT2D eigenvalue weighted by molar-refractivity contribution is 0.0953. The number of hydrogen-bond donors (Lipinski definition) is 2. The number of anilines is 1. The first kappa shape index (κ1) is 14.9. The van der Waals surface area contributed by atoms with Crippen molar-refractivity contribution in [3.05, 3.63) is 59.2 Å². The summed E-state index contributed by atoms with van der Waals surface area (Å²) < 4.78 is 5.29. The van der Waals surface area contributed by atoms with E-state index in [9.17, 15) is 4.79 Å². The molecular formula is C17H20N2O2. The van der Waals surface area contributed by atoms with E-state index in [1.165, 1.54) is 0 Å². The van der Waals surface area contributed by atoms with Gasteiger partial charge in [-0.1, -0.05) is 18.2 Å². The molecule has 4 nitrogen and oxygen atoms in total. The second-order valence-corrected chi connectivity index (χ2v) is 4.89. The molecule has 110 valence electrons. The van der Waals surface area contributed by atoms with E-state index in [0.29, 0.717) is 17.8 Å². The molecule has 0 spiro atoms. The minimum atomic E-state index is -0.0811. The van der Waals surface area contributed by atoms with Crippen LogP contribution in [0.3, 0.4) is 0 Å². The zero-order valence-electron chi connectivity index (χ0n) is 12.3. The second kappa shape index (κ2) is 6.79. The van der Waals surface area contributed by atoms with Crippen molar-refractivity contribution in [2.75, 3.05) is 19.4 Å². The molecule has 0 fully saturated rings. The minimum Gasteiger partial charge on any atom is -0.496 e. The summed E-state index contributed by atoms with van der Waals surface area (Å²) in [7, 11) is 1.65. The molecule has 0 saturated heterocycles. The van der Waals surface area contributed by atoms with Crippen molar-refractivity contribution in [3.63, 3.8) is 0 Å². The predicted octanol–water partition coefficient (Wildman–Crippen LogP) is 2.56. The molecule has 0 aliphatic rings. The summed E-state index contributed by atoms with van der Waals surface area (Å²) in [5.41, 5.74) is 8.97. The van der Waals surface area contributed by atoms with Crippen LogP contribution >= 0.6 is 0 Å². The first-order valence-corrected chi connectivity index (χ1v) is 6.88. The topological polar surface area (TPSA) is 64.3 Å². The van der Waals surface area contributed by atoms with Gasteiger partial charge in [0.2, 0.25) is 0 Å². The molecule has 0 radical (unpaired) electrons. The minimum absolute atomic E-state index is 0.0811. The Morgan fingerprint density at radius 1 is 1.24 bits per heavy atom. The number of hydrogen-bond acceptors (Lipinski definition) is 3. The van der Waals surface area contributed by atoms with Gasteiger partial charge in [-0.15, -0.1) is 0 Å². The highest BCUT2D eigenvalue weighted by Gasteiger charge is 2.09. The highest BCUT2D eigenvalue weighted by atomic mass is 16.5. The van der Waals surface area contributed by atoms with Crippen LogP contribution in [0.1, 0.15) is 21.5 Å². The lowest BCUT2D eigenvalue weighted by atomic mass is 10.1. The average Bonchev–Trinajstić information content (AvgIpc) is 2.47. The van der Waals surface area contributed by atoms with Crippen LogP contribution in [-0.4, -0.2) is 19.6 Å². The number of methoxy groups -OCH3 is 1. The number of nitrogen functional groups attached to an aromatic ring is 1. The van der Waals surface area contributed by atoms with Crippen molar-refractivity contribution in [2.24, 2.45) is 0 Å². The van der Waals surface area contributed by atoms with Gasteiger partial charge in [0, 0.05) is 17.8 Å². The van der Waals surface area contributed by atoms with Gasteiger partial charge in [0.05, 0.1) is 7.11 Å². The van der Waals surface area contributed by atoms with Crippen molar-refractivity contribution in [1.82, 2.24) is 5.32 Å². The van der Waals surface area contributed by atoms with Gasteiger partial charge in [-0.05, 0) is 48.7 Å². The van der Waals surface area contributed by atoms with Crippen molar-refractivity contribution < 1.29 is 9.53 Å². The summed E-state index contributed by atoms with van der Waals surface area (Å²) in [6.45, 7) is 2.44. The Kier molecular flexibility index (Phi) is 4.82.